The van der Waals surface area contributed by atoms with Crippen molar-refractivity contribution in [2.24, 2.45) is 0 Å². The van der Waals surface area contributed by atoms with Crippen LogP contribution in [0.4, 0.5) is 5.69 Å². The maximum atomic E-state index is 12.5. The highest BCUT2D eigenvalue weighted by Gasteiger charge is 2.21. The van der Waals surface area contributed by atoms with Crippen molar-refractivity contribution >= 4 is 41.1 Å². The number of hydrogen-bond acceptors (Lipinski definition) is 5. The van der Waals surface area contributed by atoms with Crippen molar-refractivity contribution in [1.82, 2.24) is 20.1 Å². The standard InChI is InChI=1S/C19H17N5O2S2/c1-3-13-6-4-7-14(10-13)21-16(25)11-20-18(26)12(2)24-17(22-23-19(24)27)15-8-5-9-28-15/h1,4-10,12H,11H2,2H3,(H,20,26)(H,21,25)(H,23,27). The molecule has 3 aromatic rings. The molecule has 0 aliphatic heterocycles. The lowest BCUT2D eigenvalue weighted by atomic mass is 10.2. The van der Waals surface area contributed by atoms with Gasteiger partial charge in [-0.05, 0) is 48.8 Å². The smallest absolute Gasteiger partial charge is 0.243 e. The van der Waals surface area contributed by atoms with Gasteiger partial charge in [0.1, 0.15) is 6.04 Å². The van der Waals surface area contributed by atoms with Gasteiger partial charge in [-0.3, -0.25) is 19.3 Å². The monoisotopic (exact) mass is 411 g/mol. The first-order valence-electron chi connectivity index (χ1n) is 8.34. The molecule has 3 rings (SSSR count). The van der Waals surface area contributed by atoms with E-state index in [0.717, 1.165) is 4.88 Å². The molecular formula is C19H17N5O2S2. The summed E-state index contributed by atoms with van der Waals surface area (Å²) in [6.07, 6.45) is 5.35. The molecule has 0 saturated carbocycles. The molecule has 0 radical (unpaired) electrons. The summed E-state index contributed by atoms with van der Waals surface area (Å²) in [5.74, 6) is 2.38. The molecule has 0 aliphatic carbocycles. The van der Waals surface area contributed by atoms with Gasteiger partial charge >= 0.3 is 0 Å². The van der Waals surface area contributed by atoms with Gasteiger partial charge < -0.3 is 10.6 Å². The van der Waals surface area contributed by atoms with Crippen LogP contribution in [0.1, 0.15) is 18.5 Å². The molecule has 3 N–H and O–H groups in total. The molecule has 9 heteroatoms. The van der Waals surface area contributed by atoms with Crippen LogP contribution < -0.4 is 10.6 Å². The lowest BCUT2D eigenvalue weighted by molar-refractivity contribution is -0.126. The number of hydrogen-bond donors (Lipinski definition) is 3. The average Bonchev–Trinajstić information content (AvgIpc) is 3.35. The van der Waals surface area contributed by atoms with Crippen LogP contribution in [-0.4, -0.2) is 33.1 Å². The molecule has 0 spiro atoms. The van der Waals surface area contributed by atoms with E-state index in [1.165, 1.54) is 11.3 Å². The van der Waals surface area contributed by atoms with Gasteiger partial charge in [0.2, 0.25) is 11.8 Å². The molecule has 1 aromatic carbocycles. The van der Waals surface area contributed by atoms with Crippen molar-refractivity contribution in [3.63, 3.8) is 0 Å². The third kappa shape index (κ3) is 4.36. The second kappa shape index (κ2) is 8.65. The van der Waals surface area contributed by atoms with Crippen molar-refractivity contribution in [2.45, 2.75) is 13.0 Å². The Bertz CT molecular complexity index is 1090. The third-order valence-corrected chi connectivity index (χ3v) is 5.10. The molecule has 28 heavy (non-hydrogen) atoms. The summed E-state index contributed by atoms with van der Waals surface area (Å²) in [5.41, 5.74) is 1.23. The van der Waals surface area contributed by atoms with E-state index in [1.807, 2.05) is 17.5 Å². The van der Waals surface area contributed by atoms with Crippen LogP contribution in [0, 0.1) is 17.1 Å². The predicted molar refractivity (Wildman–Crippen MR) is 111 cm³/mol. The molecule has 2 amide bonds. The van der Waals surface area contributed by atoms with E-state index in [-0.39, 0.29) is 18.4 Å². The Morgan fingerprint density at radius 3 is 2.93 bits per heavy atom. The van der Waals surface area contributed by atoms with Gasteiger partial charge in [0.15, 0.2) is 10.6 Å². The average molecular weight is 412 g/mol. The quantitative estimate of drug-likeness (QED) is 0.430. The summed E-state index contributed by atoms with van der Waals surface area (Å²) in [5, 5.41) is 14.2. The Hall–Kier alpha value is -3.22. The number of nitrogens with one attached hydrogen (secondary N) is 3. The zero-order valence-electron chi connectivity index (χ0n) is 14.9. The Balaban J connectivity index is 1.64. The summed E-state index contributed by atoms with van der Waals surface area (Å²) in [6, 6.07) is 10.1. The zero-order chi connectivity index (χ0) is 20.1. The molecule has 0 saturated heterocycles. The first kappa shape index (κ1) is 19.5. The first-order valence-corrected chi connectivity index (χ1v) is 9.63. The van der Waals surface area contributed by atoms with Crippen LogP contribution >= 0.6 is 23.6 Å². The summed E-state index contributed by atoms with van der Waals surface area (Å²) < 4.78 is 1.96. The van der Waals surface area contributed by atoms with Crippen molar-refractivity contribution in [3.8, 4) is 23.0 Å². The number of terminal acetylenes is 1. The van der Waals surface area contributed by atoms with Crippen molar-refractivity contribution in [2.75, 3.05) is 11.9 Å². The van der Waals surface area contributed by atoms with Crippen molar-refractivity contribution in [3.05, 3.63) is 52.1 Å². The largest absolute Gasteiger partial charge is 0.345 e. The zero-order valence-corrected chi connectivity index (χ0v) is 16.6. The SMILES string of the molecule is C#Cc1cccc(NC(=O)CNC(=O)C(C)n2c(-c3cccs3)n[nH]c2=S)c1. The summed E-state index contributed by atoms with van der Waals surface area (Å²) in [4.78, 5) is 25.6. The van der Waals surface area contributed by atoms with Crippen LogP contribution in [0.25, 0.3) is 10.7 Å². The molecular weight excluding hydrogens is 394 g/mol. The highest BCUT2D eigenvalue weighted by molar-refractivity contribution is 7.71. The van der Waals surface area contributed by atoms with Gasteiger partial charge in [-0.2, -0.15) is 5.10 Å². The molecule has 0 aliphatic rings. The van der Waals surface area contributed by atoms with E-state index in [2.05, 4.69) is 26.8 Å². The van der Waals surface area contributed by atoms with Gasteiger partial charge in [-0.15, -0.1) is 17.8 Å². The number of anilines is 1. The molecule has 2 heterocycles. The minimum Gasteiger partial charge on any atom is -0.345 e. The molecule has 142 valence electrons. The molecule has 0 fully saturated rings. The van der Waals surface area contributed by atoms with E-state index in [1.54, 1.807) is 35.8 Å². The topological polar surface area (TPSA) is 91.8 Å². The summed E-state index contributed by atoms with van der Waals surface area (Å²) in [6.45, 7) is 1.52. The number of carbonyl (C=O) groups is 2. The van der Waals surface area contributed by atoms with Gasteiger partial charge in [0.25, 0.3) is 0 Å². The second-order valence-electron chi connectivity index (χ2n) is 5.87. The van der Waals surface area contributed by atoms with Gasteiger partial charge in [-0.25, -0.2) is 0 Å². The summed E-state index contributed by atoms with van der Waals surface area (Å²) >= 11 is 6.76. The molecule has 2 aromatic heterocycles. The fourth-order valence-electron chi connectivity index (χ4n) is 2.57. The molecule has 0 bridgehead atoms. The minimum atomic E-state index is -0.638. The van der Waals surface area contributed by atoms with Gasteiger partial charge in [0.05, 0.1) is 11.4 Å². The lowest BCUT2D eigenvalue weighted by Gasteiger charge is -2.15. The maximum Gasteiger partial charge on any atom is 0.243 e. The lowest BCUT2D eigenvalue weighted by Crippen LogP contribution is -2.37. The normalized spacial score (nSPS) is 11.4. The highest BCUT2D eigenvalue weighted by atomic mass is 32.1. The predicted octanol–water partition coefficient (Wildman–Crippen LogP) is 2.97. The van der Waals surface area contributed by atoms with Crippen LogP contribution in [-0.2, 0) is 9.59 Å². The Labute approximate surface area is 170 Å². The third-order valence-electron chi connectivity index (χ3n) is 3.95. The van der Waals surface area contributed by atoms with Crippen LogP contribution in [0.2, 0.25) is 0 Å². The maximum absolute atomic E-state index is 12.5. The van der Waals surface area contributed by atoms with E-state index in [0.29, 0.717) is 21.8 Å². The highest BCUT2D eigenvalue weighted by Crippen LogP contribution is 2.25. The number of amides is 2. The number of H-pyrrole nitrogens is 1. The second-order valence-corrected chi connectivity index (χ2v) is 7.20. The van der Waals surface area contributed by atoms with E-state index < -0.39 is 6.04 Å². The van der Waals surface area contributed by atoms with E-state index in [9.17, 15) is 9.59 Å². The molecule has 1 atom stereocenters. The fourth-order valence-corrected chi connectivity index (χ4v) is 3.57. The number of benzene rings is 1. The van der Waals surface area contributed by atoms with Gasteiger partial charge in [-0.1, -0.05) is 18.1 Å². The number of rotatable bonds is 6. The Morgan fingerprint density at radius 1 is 1.39 bits per heavy atom. The Morgan fingerprint density at radius 2 is 2.21 bits per heavy atom. The number of thiophene rings is 1. The Kier molecular flexibility index (Phi) is 6.03. The number of carbonyl (C=O) groups excluding carboxylic acids is 2. The van der Waals surface area contributed by atoms with Crippen LogP contribution in [0.3, 0.4) is 0 Å². The van der Waals surface area contributed by atoms with E-state index in [4.69, 9.17) is 18.6 Å². The molecule has 7 nitrogen and oxygen atoms in total. The first-order chi connectivity index (χ1) is 13.5. The van der Waals surface area contributed by atoms with Crippen molar-refractivity contribution in [1.29, 1.82) is 0 Å². The van der Waals surface area contributed by atoms with Crippen molar-refractivity contribution < 1.29 is 9.59 Å². The summed E-state index contributed by atoms with van der Waals surface area (Å²) in [7, 11) is 0. The van der Waals surface area contributed by atoms with Gasteiger partial charge in [0, 0.05) is 11.3 Å². The van der Waals surface area contributed by atoms with E-state index >= 15 is 0 Å². The number of nitrogens with zero attached hydrogens (tertiary/aromatic N) is 2. The van der Waals surface area contributed by atoms with Crippen LogP contribution in [0.5, 0.6) is 0 Å². The van der Waals surface area contributed by atoms with Crippen LogP contribution in [0.15, 0.2) is 41.8 Å². The minimum absolute atomic E-state index is 0.178. The number of aromatic amines is 1. The molecule has 1 unspecified atom stereocenters. The number of aromatic nitrogens is 3. The fraction of sp³-hybridized carbons (Fsp3) is 0.158.